The molecule has 0 spiro atoms. The first-order valence-corrected chi connectivity index (χ1v) is 11.4. The Kier molecular flexibility index (Phi) is 6.63. The number of rotatable bonds is 7. The summed E-state index contributed by atoms with van der Waals surface area (Å²) < 4.78 is 6.08. The van der Waals surface area contributed by atoms with Crippen molar-refractivity contribution in [3.05, 3.63) is 65.7 Å². The third kappa shape index (κ3) is 4.94. The number of hydrogen-bond acceptors (Lipinski definition) is 4. The lowest BCUT2D eigenvalue weighted by molar-refractivity contribution is -0.139. The Morgan fingerprint density at radius 3 is 2.52 bits per heavy atom. The van der Waals surface area contributed by atoms with Gasteiger partial charge in [0.15, 0.2) is 0 Å². The quantitative estimate of drug-likeness (QED) is 0.704. The van der Waals surface area contributed by atoms with Crippen molar-refractivity contribution in [2.75, 3.05) is 20.6 Å². The molecule has 1 aliphatic heterocycles. The van der Waals surface area contributed by atoms with E-state index in [1.54, 1.807) is 0 Å². The first kappa shape index (κ1) is 21.8. The van der Waals surface area contributed by atoms with Gasteiger partial charge in [0.25, 0.3) is 0 Å². The molecule has 2 aromatic rings. The Hall–Kier alpha value is -2.37. The van der Waals surface area contributed by atoms with Crippen LogP contribution in [0.3, 0.4) is 0 Å². The molecule has 5 nitrogen and oxygen atoms in total. The van der Waals surface area contributed by atoms with Crippen molar-refractivity contribution in [2.24, 2.45) is 5.92 Å². The lowest BCUT2D eigenvalue weighted by atomic mass is 9.70. The highest BCUT2D eigenvalue weighted by atomic mass is 16.5. The van der Waals surface area contributed by atoms with E-state index in [4.69, 9.17) is 9.84 Å². The van der Waals surface area contributed by atoms with E-state index in [0.29, 0.717) is 18.9 Å². The highest BCUT2D eigenvalue weighted by Gasteiger charge is 2.38. The summed E-state index contributed by atoms with van der Waals surface area (Å²) in [7, 11) is 4.42. The maximum atomic E-state index is 11.1. The maximum absolute atomic E-state index is 11.1. The molecule has 0 bridgehead atoms. The van der Waals surface area contributed by atoms with E-state index >= 15 is 0 Å². The number of carboxylic acids is 1. The van der Waals surface area contributed by atoms with Crippen LogP contribution in [-0.4, -0.2) is 48.8 Å². The number of carbonyl (C=O) groups is 1. The van der Waals surface area contributed by atoms with Crippen LogP contribution < -0.4 is 10.1 Å². The molecule has 31 heavy (non-hydrogen) atoms. The van der Waals surface area contributed by atoms with Crippen LogP contribution in [0.4, 0.5) is 0 Å². The fourth-order valence-corrected chi connectivity index (χ4v) is 5.35. The first-order chi connectivity index (χ1) is 15.0. The predicted molar refractivity (Wildman–Crippen MR) is 122 cm³/mol. The van der Waals surface area contributed by atoms with Crippen molar-refractivity contribution < 1.29 is 14.6 Å². The predicted octanol–water partition coefficient (Wildman–Crippen LogP) is 4.07. The first-order valence-electron chi connectivity index (χ1n) is 11.4. The molecule has 4 rings (SSSR count). The Morgan fingerprint density at radius 1 is 1.13 bits per heavy atom. The molecule has 1 saturated carbocycles. The van der Waals surface area contributed by atoms with Crippen LogP contribution in [0.1, 0.15) is 43.2 Å². The number of nitrogens with one attached hydrogen (secondary N) is 1. The second kappa shape index (κ2) is 9.41. The van der Waals surface area contributed by atoms with Gasteiger partial charge in [0, 0.05) is 18.5 Å². The minimum Gasteiger partial charge on any atom is -0.489 e. The van der Waals surface area contributed by atoms with Crippen molar-refractivity contribution in [1.82, 2.24) is 10.2 Å². The van der Waals surface area contributed by atoms with Crippen molar-refractivity contribution in [1.29, 1.82) is 0 Å². The van der Waals surface area contributed by atoms with Crippen LogP contribution in [0, 0.1) is 5.92 Å². The molecule has 2 aliphatic rings. The molecule has 1 aliphatic carbocycles. The second-order valence-electron chi connectivity index (χ2n) is 9.36. The molecule has 2 fully saturated rings. The third-order valence-electron chi connectivity index (χ3n) is 7.21. The van der Waals surface area contributed by atoms with Gasteiger partial charge >= 0.3 is 5.97 Å². The zero-order valence-corrected chi connectivity index (χ0v) is 18.6. The lowest BCUT2D eigenvalue weighted by Crippen LogP contribution is -2.44. The van der Waals surface area contributed by atoms with Crippen molar-refractivity contribution >= 4 is 5.97 Å². The fraction of sp³-hybridized carbons (Fsp3) is 0.500. The average Bonchev–Trinajstić information content (AvgIpc) is 3.24. The van der Waals surface area contributed by atoms with Crippen molar-refractivity contribution in [3.63, 3.8) is 0 Å². The number of aliphatic carboxylic acids is 1. The summed E-state index contributed by atoms with van der Waals surface area (Å²) >= 11 is 0. The Bertz CT molecular complexity index is 875. The van der Waals surface area contributed by atoms with Gasteiger partial charge in [-0.15, -0.1) is 0 Å². The molecular weight excluding hydrogens is 388 g/mol. The van der Waals surface area contributed by atoms with Gasteiger partial charge in [-0.2, -0.15) is 0 Å². The normalized spacial score (nSPS) is 28.5. The highest BCUT2D eigenvalue weighted by Crippen LogP contribution is 2.43. The van der Waals surface area contributed by atoms with Gasteiger partial charge < -0.3 is 15.2 Å². The minimum absolute atomic E-state index is 0.0855. The number of ether oxygens (including phenoxy) is 1. The van der Waals surface area contributed by atoms with E-state index in [-0.39, 0.29) is 11.6 Å². The molecule has 1 heterocycles. The van der Waals surface area contributed by atoms with Gasteiger partial charge in [-0.05, 0) is 75.4 Å². The third-order valence-corrected chi connectivity index (χ3v) is 7.21. The standard InChI is InChI=1S/C26H34N2O3/c1-28(2)26(21-8-4-3-5-9-21)13-11-19(12-14-26)15-20-7-6-10-22(16-20)31-23-17-24(25(29)30)27-18-23/h3-10,16,19,23-24,27H,11-15,17-18H2,1-2H3,(H,29,30)/t19?,23-,24-,26?/m0/s1. The largest absolute Gasteiger partial charge is 0.489 e. The molecule has 0 unspecified atom stereocenters. The summed E-state index contributed by atoms with van der Waals surface area (Å²) in [6.45, 7) is 0.579. The zero-order valence-electron chi connectivity index (χ0n) is 18.6. The van der Waals surface area contributed by atoms with Gasteiger partial charge in [-0.3, -0.25) is 9.69 Å². The highest BCUT2D eigenvalue weighted by molar-refractivity contribution is 5.73. The van der Waals surface area contributed by atoms with E-state index in [2.05, 4.69) is 72.8 Å². The molecule has 5 heteroatoms. The fourth-order valence-electron chi connectivity index (χ4n) is 5.35. The molecule has 0 amide bonds. The lowest BCUT2D eigenvalue weighted by Gasteiger charge is -2.45. The van der Waals surface area contributed by atoms with Crippen LogP contribution in [0.15, 0.2) is 54.6 Å². The molecule has 2 N–H and O–H groups in total. The Balaban J connectivity index is 1.36. The van der Waals surface area contributed by atoms with Gasteiger partial charge in [-0.1, -0.05) is 42.5 Å². The number of carboxylic acid groups (broad SMARTS) is 1. The van der Waals surface area contributed by atoms with Crippen LogP contribution in [0.25, 0.3) is 0 Å². The summed E-state index contributed by atoms with van der Waals surface area (Å²) in [6.07, 6.45) is 6.27. The van der Waals surface area contributed by atoms with Crippen LogP contribution in [0.2, 0.25) is 0 Å². The topological polar surface area (TPSA) is 61.8 Å². The van der Waals surface area contributed by atoms with E-state index in [0.717, 1.165) is 12.2 Å². The van der Waals surface area contributed by atoms with E-state index in [1.165, 1.54) is 36.8 Å². The SMILES string of the molecule is CN(C)C1(c2ccccc2)CCC(Cc2cccc(O[C@@H]3CN[C@H](C(=O)O)C3)c2)CC1. The van der Waals surface area contributed by atoms with Crippen LogP contribution in [-0.2, 0) is 16.8 Å². The number of benzene rings is 2. The Morgan fingerprint density at radius 2 is 1.87 bits per heavy atom. The molecule has 0 radical (unpaired) electrons. The summed E-state index contributed by atoms with van der Waals surface area (Å²) in [5, 5.41) is 12.2. The number of hydrogen-bond donors (Lipinski definition) is 2. The summed E-state index contributed by atoms with van der Waals surface area (Å²) in [4.78, 5) is 13.5. The van der Waals surface area contributed by atoms with E-state index in [9.17, 15) is 4.79 Å². The average molecular weight is 423 g/mol. The maximum Gasteiger partial charge on any atom is 0.320 e. The molecule has 2 atom stereocenters. The summed E-state index contributed by atoms with van der Waals surface area (Å²) in [6, 6.07) is 18.8. The molecule has 2 aromatic carbocycles. The molecule has 166 valence electrons. The molecule has 0 aromatic heterocycles. The summed E-state index contributed by atoms with van der Waals surface area (Å²) in [5.74, 6) is 0.719. The van der Waals surface area contributed by atoms with Crippen molar-refractivity contribution in [3.8, 4) is 5.75 Å². The van der Waals surface area contributed by atoms with Gasteiger partial charge in [0.05, 0.1) is 0 Å². The van der Waals surface area contributed by atoms with Gasteiger partial charge in [0.1, 0.15) is 17.9 Å². The van der Waals surface area contributed by atoms with Gasteiger partial charge in [0.2, 0.25) is 0 Å². The van der Waals surface area contributed by atoms with Crippen molar-refractivity contribution in [2.45, 2.75) is 56.2 Å². The van der Waals surface area contributed by atoms with E-state index < -0.39 is 12.0 Å². The Labute approximate surface area is 185 Å². The van der Waals surface area contributed by atoms with Crippen LogP contribution in [0.5, 0.6) is 5.75 Å². The van der Waals surface area contributed by atoms with Gasteiger partial charge in [-0.25, -0.2) is 0 Å². The molecular formula is C26H34N2O3. The minimum atomic E-state index is -0.804. The van der Waals surface area contributed by atoms with Crippen LogP contribution >= 0.6 is 0 Å². The van der Waals surface area contributed by atoms with E-state index in [1.807, 2.05) is 6.07 Å². The number of nitrogens with zero attached hydrogens (tertiary/aromatic N) is 1. The monoisotopic (exact) mass is 422 g/mol. The summed E-state index contributed by atoms with van der Waals surface area (Å²) in [5.41, 5.74) is 2.87. The zero-order chi connectivity index (χ0) is 21.8. The smallest absolute Gasteiger partial charge is 0.320 e. The molecule has 1 saturated heterocycles. The second-order valence-corrected chi connectivity index (χ2v) is 9.36.